The molecule has 0 radical (unpaired) electrons. The van der Waals surface area contributed by atoms with Gasteiger partial charge in [-0.3, -0.25) is 10.1 Å². The Bertz CT molecular complexity index is 1230. The van der Waals surface area contributed by atoms with Gasteiger partial charge in [0.15, 0.2) is 5.54 Å². The van der Waals surface area contributed by atoms with Gasteiger partial charge in [0.05, 0.1) is 23.4 Å². The smallest absolute Gasteiger partial charge is 0.334 e. The number of halogens is 2. The summed E-state index contributed by atoms with van der Waals surface area (Å²) in [6.07, 6.45) is 0.190. The fraction of sp³-hybridized carbons (Fsp3) is 0.167. The summed E-state index contributed by atoms with van der Waals surface area (Å²) in [7, 11) is 1.30. The van der Waals surface area contributed by atoms with Crippen molar-refractivity contribution in [2.24, 2.45) is 5.10 Å². The third kappa shape index (κ3) is 4.42. The van der Waals surface area contributed by atoms with Gasteiger partial charge in [-0.1, -0.05) is 53.5 Å². The molecule has 0 N–H and O–H groups in total. The number of para-hydroxylation sites is 1. The Hall–Kier alpha value is -3.42. The van der Waals surface area contributed by atoms with Crippen LogP contribution in [0.4, 0.5) is 11.4 Å². The van der Waals surface area contributed by atoms with Crippen LogP contribution in [-0.4, -0.2) is 29.3 Å². The molecule has 0 aliphatic carbocycles. The number of anilines is 1. The van der Waals surface area contributed by atoms with Crippen LogP contribution in [0, 0.1) is 10.1 Å². The summed E-state index contributed by atoms with van der Waals surface area (Å²) in [5.41, 5.74) is 1.00. The maximum absolute atomic E-state index is 13.3. The Morgan fingerprint density at radius 1 is 1.06 bits per heavy atom. The molecule has 1 atom stereocenters. The summed E-state index contributed by atoms with van der Waals surface area (Å²) in [6, 6.07) is 20.4. The van der Waals surface area contributed by atoms with E-state index in [1.807, 2.05) is 12.1 Å². The van der Waals surface area contributed by atoms with Gasteiger partial charge in [-0.15, -0.1) is 0 Å². The van der Waals surface area contributed by atoms with Crippen LogP contribution in [0.5, 0.6) is 0 Å². The van der Waals surface area contributed by atoms with E-state index in [9.17, 15) is 14.9 Å². The van der Waals surface area contributed by atoms with E-state index in [2.05, 4.69) is 0 Å². The first-order chi connectivity index (χ1) is 15.8. The van der Waals surface area contributed by atoms with E-state index in [4.69, 9.17) is 33.0 Å². The fourth-order valence-electron chi connectivity index (χ4n) is 4.00. The first-order valence-corrected chi connectivity index (χ1v) is 10.8. The Kier molecular flexibility index (Phi) is 6.35. The number of nitrogens with zero attached hydrogens (tertiary/aromatic N) is 3. The highest BCUT2D eigenvalue weighted by molar-refractivity contribution is 6.31. The maximum Gasteiger partial charge on any atom is 0.334 e. The van der Waals surface area contributed by atoms with Gasteiger partial charge in [-0.25, -0.2) is 9.80 Å². The molecule has 0 amide bonds. The number of carbonyl (C=O) groups excluding carboxylic acids is 1. The van der Waals surface area contributed by atoms with E-state index in [0.29, 0.717) is 27.0 Å². The summed E-state index contributed by atoms with van der Waals surface area (Å²) >= 11 is 12.1. The molecule has 9 heteroatoms. The monoisotopic (exact) mass is 483 g/mol. The van der Waals surface area contributed by atoms with Gasteiger partial charge >= 0.3 is 5.97 Å². The molecule has 1 unspecified atom stereocenters. The van der Waals surface area contributed by atoms with E-state index < -0.39 is 16.4 Å². The van der Waals surface area contributed by atoms with Gasteiger partial charge in [0.25, 0.3) is 5.69 Å². The standard InChI is InChI=1S/C24H19Cl2N3O4/c1-33-23(30)24(14-17-4-2-3-5-22(17)29(31)32)15-21(16-6-8-18(25)9-7-16)27-28(24)20-12-10-19(26)11-13-20/h2-13H,14-15H2,1H3. The topological polar surface area (TPSA) is 85.0 Å². The van der Waals surface area contributed by atoms with Crippen molar-refractivity contribution in [3.05, 3.63) is 104 Å². The molecule has 0 bridgehead atoms. The third-order valence-corrected chi connectivity index (χ3v) is 6.08. The summed E-state index contributed by atoms with van der Waals surface area (Å²) in [6.45, 7) is 0. The number of nitro benzene ring substituents is 1. The molecular formula is C24H19Cl2N3O4. The van der Waals surface area contributed by atoms with E-state index in [1.54, 1.807) is 59.6 Å². The SMILES string of the molecule is COC(=O)C1(Cc2ccccc2[N+](=O)[O-])CC(c2ccc(Cl)cc2)=NN1c1ccc(Cl)cc1. The van der Waals surface area contributed by atoms with Crippen molar-refractivity contribution >= 4 is 46.3 Å². The molecule has 0 spiro atoms. The predicted molar refractivity (Wildman–Crippen MR) is 128 cm³/mol. The first-order valence-electron chi connectivity index (χ1n) is 10.0. The second kappa shape index (κ2) is 9.21. The van der Waals surface area contributed by atoms with Crippen molar-refractivity contribution in [2.75, 3.05) is 12.1 Å². The summed E-state index contributed by atoms with van der Waals surface area (Å²) < 4.78 is 5.22. The van der Waals surface area contributed by atoms with Crippen molar-refractivity contribution in [1.82, 2.24) is 0 Å². The van der Waals surface area contributed by atoms with E-state index in [0.717, 1.165) is 5.56 Å². The zero-order valence-electron chi connectivity index (χ0n) is 17.6. The van der Waals surface area contributed by atoms with Crippen LogP contribution in [0.1, 0.15) is 17.5 Å². The molecule has 168 valence electrons. The van der Waals surface area contributed by atoms with Crippen LogP contribution in [-0.2, 0) is 16.0 Å². The molecule has 0 aromatic heterocycles. The molecule has 1 aliphatic heterocycles. The number of rotatable bonds is 6. The number of benzene rings is 3. The van der Waals surface area contributed by atoms with Crippen molar-refractivity contribution < 1.29 is 14.5 Å². The van der Waals surface area contributed by atoms with Gasteiger partial charge in [0.2, 0.25) is 0 Å². The second-order valence-electron chi connectivity index (χ2n) is 7.60. The lowest BCUT2D eigenvalue weighted by Gasteiger charge is -2.35. The molecule has 1 heterocycles. The lowest BCUT2D eigenvalue weighted by molar-refractivity contribution is -0.385. The zero-order valence-corrected chi connectivity index (χ0v) is 19.1. The molecule has 0 saturated heterocycles. The number of hydrogen-bond acceptors (Lipinski definition) is 6. The minimum absolute atomic E-state index is 0.0139. The molecule has 33 heavy (non-hydrogen) atoms. The molecule has 7 nitrogen and oxygen atoms in total. The zero-order chi connectivity index (χ0) is 23.6. The van der Waals surface area contributed by atoms with Crippen LogP contribution in [0.3, 0.4) is 0 Å². The molecule has 3 aromatic carbocycles. The van der Waals surface area contributed by atoms with Gasteiger partial charge < -0.3 is 4.74 Å². The quantitative estimate of drug-likeness (QED) is 0.256. The minimum atomic E-state index is -1.34. The number of hydrogen-bond donors (Lipinski definition) is 0. The summed E-state index contributed by atoms with van der Waals surface area (Å²) in [5, 5.41) is 19.1. The van der Waals surface area contributed by atoms with Crippen molar-refractivity contribution in [2.45, 2.75) is 18.4 Å². The van der Waals surface area contributed by atoms with Crippen LogP contribution in [0.2, 0.25) is 10.0 Å². The number of ether oxygens (including phenoxy) is 1. The van der Waals surface area contributed by atoms with Gasteiger partial charge in [0, 0.05) is 34.5 Å². The molecular weight excluding hydrogens is 465 g/mol. The van der Waals surface area contributed by atoms with Gasteiger partial charge in [-0.2, -0.15) is 5.10 Å². The highest BCUT2D eigenvalue weighted by atomic mass is 35.5. The molecule has 0 saturated carbocycles. The molecule has 0 fully saturated rings. The first kappa shape index (κ1) is 22.8. The van der Waals surface area contributed by atoms with Crippen molar-refractivity contribution in [1.29, 1.82) is 0 Å². The molecule has 3 aromatic rings. The average molecular weight is 484 g/mol. The van der Waals surface area contributed by atoms with Crippen LogP contribution in [0.25, 0.3) is 0 Å². The van der Waals surface area contributed by atoms with E-state index >= 15 is 0 Å². The Morgan fingerprint density at radius 2 is 1.67 bits per heavy atom. The predicted octanol–water partition coefficient (Wildman–Crippen LogP) is 5.67. The lowest BCUT2D eigenvalue weighted by atomic mass is 9.84. The highest BCUT2D eigenvalue weighted by Gasteiger charge is 2.52. The Balaban J connectivity index is 1.87. The number of carbonyl (C=O) groups is 1. The fourth-order valence-corrected chi connectivity index (χ4v) is 4.26. The summed E-state index contributed by atoms with van der Waals surface area (Å²) in [4.78, 5) is 24.6. The number of hydrazone groups is 1. The highest BCUT2D eigenvalue weighted by Crippen LogP contribution is 2.40. The number of nitro groups is 1. The van der Waals surface area contributed by atoms with Crippen LogP contribution in [0.15, 0.2) is 77.9 Å². The van der Waals surface area contributed by atoms with E-state index in [-0.39, 0.29) is 18.5 Å². The molecule has 1 aliphatic rings. The van der Waals surface area contributed by atoms with Crippen LogP contribution >= 0.6 is 23.2 Å². The Labute approximate surface area is 200 Å². The summed E-state index contributed by atoms with van der Waals surface area (Å²) in [5.74, 6) is -0.552. The number of esters is 1. The molecule has 4 rings (SSSR count). The lowest BCUT2D eigenvalue weighted by Crippen LogP contribution is -2.52. The normalized spacial score (nSPS) is 17.5. The van der Waals surface area contributed by atoms with Crippen LogP contribution < -0.4 is 5.01 Å². The number of methoxy groups -OCH3 is 1. The Morgan fingerprint density at radius 3 is 2.27 bits per heavy atom. The van der Waals surface area contributed by atoms with Gasteiger partial charge in [-0.05, 0) is 42.0 Å². The van der Waals surface area contributed by atoms with Crippen molar-refractivity contribution in [3.8, 4) is 0 Å². The largest absolute Gasteiger partial charge is 0.467 e. The van der Waals surface area contributed by atoms with Crippen molar-refractivity contribution in [3.63, 3.8) is 0 Å². The average Bonchev–Trinajstić information content (AvgIpc) is 3.20. The second-order valence-corrected chi connectivity index (χ2v) is 8.48. The van der Waals surface area contributed by atoms with Gasteiger partial charge in [0.1, 0.15) is 0 Å². The maximum atomic E-state index is 13.3. The third-order valence-electron chi connectivity index (χ3n) is 5.57. The van der Waals surface area contributed by atoms with E-state index in [1.165, 1.54) is 13.2 Å². The minimum Gasteiger partial charge on any atom is -0.467 e.